The predicted octanol–water partition coefficient (Wildman–Crippen LogP) is 2.22. The fraction of sp³-hybridized carbons (Fsp3) is 0.667. The molecule has 0 N–H and O–H groups in total. The number of piperidine rings is 1. The Labute approximate surface area is 180 Å². The first-order valence-electron chi connectivity index (χ1n) is 10.5. The topological polar surface area (TPSA) is 91.8 Å². The zero-order valence-electron chi connectivity index (χ0n) is 18.0. The number of sulfone groups is 1. The molecular weight excluding hydrogens is 424 g/mol. The minimum atomic E-state index is -3.21. The summed E-state index contributed by atoms with van der Waals surface area (Å²) < 4.78 is 49.6. The van der Waals surface area contributed by atoms with E-state index in [1.807, 2.05) is 12.1 Å². The van der Waals surface area contributed by atoms with E-state index in [9.17, 15) is 21.6 Å². The molecule has 0 radical (unpaired) electrons. The number of benzene rings is 1. The second-order valence-corrected chi connectivity index (χ2v) is 14.1. The number of hydrogen-bond acceptors (Lipinski definition) is 5. The van der Waals surface area contributed by atoms with Crippen molar-refractivity contribution in [3.63, 3.8) is 0 Å². The molecular formula is C21H32N2O5S2. The Bertz CT molecular complexity index is 971. The van der Waals surface area contributed by atoms with Crippen molar-refractivity contribution in [3.05, 3.63) is 29.8 Å². The first-order chi connectivity index (χ1) is 13.9. The molecule has 2 fully saturated rings. The molecule has 0 aromatic heterocycles. The van der Waals surface area contributed by atoms with Gasteiger partial charge in [-0.1, -0.05) is 12.1 Å². The van der Waals surface area contributed by atoms with Gasteiger partial charge in [-0.05, 0) is 63.6 Å². The Morgan fingerprint density at radius 1 is 1.07 bits per heavy atom. The summed E-state index contributed by atoms with van der Waals surface area (Å²) in [6.07, 6.45) is 2.30. The number of nitrogens with zero attached hydrogens (tertiary/aromatic N) is 2. The highest BCUT2D eigenvalue weighted by molar-refractivity contribution is 7.93. The van der Waals surface area contributed by atoms with Crippen molar-refractivity contribution >= 4 is 31.5 Å². The number of sulfonamides is 1. The number of amides is 1. The van der Waals surface area contributed by atoms with E-state index in [0.29, 0.717) is 44.6 Å². The molecule has 30 heavy (non-hydrogen) atoms. The normalized spacial score (nSPS) is 20.5. The molecule has 9 heteroatoms. The number of carbonyl (C=O) groups excluding carboxylic acids is 1. The Kier molecular flexibility index (Phi) is 6.53. The Balaban J connectivity index is 1.53. The van der Waals surface area contributed by atoms with Crippen LogP contribution in [0.5, 0.6) is 0 Å². The molecule has 2 aliphatic rings. The first-order valence-corrected chi connectivity index (χ1v) is 13.7. The minimum Gasteiger partial charge on any atom is -0.342 e. The van der Waals surface area contributed by atoms with Crippen LogP contribution in [0, 0.1) is 5.92 Å². The summed E-state index contributed by atoms with van der Waals surface area (Å²) in [7, 11) is -6.36. The number of carbonyl (C=O) groups is 1. The van der Waals surface area contributed by atoms with Crippen LogP contribution in [0.1, 0.15) is 45.6 Å². The van der Waals surface area contributed by atoms with Gasteiger partial charge in [0.1, 0.15) is 0 Å². The summed E-state index contributed by atoms with van der Waals surface area (Å²) in [5.41, 5.74) is 1.49. The summed E-state index contributed by atoms with van der Waals surface area (Å²) in [5, 5.41) is 0. The largest absolute Gasteiger partial charge is 0.342 e. The Morgan fingerprint density at radius 2 is 1.67 bits per heavy atom. The van der Waals surface area contributed by atoms with Gasteiger partial charge in [-0.25, -0.2) is 16.8 Å². The van der Waals surface area contributed by atoms with Gasteiger partial charge in [0, 0.05) is 19.6 Å². The predicted molar refractivity (Wildman–Crippen MR) is 119 cm³/mol. The van der Waals surface area contributed by atoms with E-state index in [1.165, 1.54) is 4.31 Å². The van der Waals surface area contributed by atoms with Crippen molar-refractivity contribution in [2.75, 3.05) is 35.4 Å². The summed E-state index contributed by atoms with van der Waals surface area (Å²) >= 11 is 0. The van der Waals surface area contributed by atoms with Gasteiger partial charge in [-0.2, -0.15) is 0 Å². The lowest BCUT2D eigenvalue weighted by molar-refractivity contribution is -0.131. The SMILES string of the molecule is CC(C)(C)S(=O)(=O)CC1CCN(C(=O)Cc2ccc(N3CCCS3(=O)=O)cc2)CC1. The second kappa shape index (κ2) is 8.49. The lowest BCUT2D eigenvalue weighted by atomic mass is 9.98. The van der Waals surface area contributed by atoms with E-state index >= 15 is 0 Å². The van der Waals surface area contributed by atoms with Crippen LogP contribution in [-0.2, 0) is 31.1 Å². The Morgan fingerprint density at radius 3 is 2.17 bits per heavy atom. The molecule has 1 aromatic carbocycles. The fourth-order valence-corrected chi connectivity index (χ4v) is 6.92. The fourth-order valence-electron chi connectivity index (χ4n) is 3.91. The zero-order chi connectivity index (χ0) is 22.2. The van der Waals surface area contributed by atoms with Crippen LogP contribution >= 0.6 is 0 Å². The maximum atomic E-state index is 12.7. The van der Waals surface area contributed by atoms with E-state index < -0.39 is 24.6 Å². The van der Waals surface area contributed by atoms with Crippen molar-refractivity contribution in [2.45, 2.75) is 51.2 Å². The lowest BCUT2D eigenvalue weighted by Gasteiger charge is -2.33. The molecule has 0 aliphatic carbocycles. The van der Waals surface area contributed by atoms with Crippen LogP contribution in [-0.4, -0.2) is 63.5 Å². The van der Waals surface area contributed by atoms with Gasteiger partial charge < -0.3 is 4.90 Å². The van der Waals surface area contributed by atoms with E-state index in [-0.39, 0.29) is 29.8 Å². The van der Waals surface area contributed by atoms with Gasteiger partial charge in [0.15, 0.2) is 9.84 Å². The molecule has 2 heterocycles. The van der Waals surface area contributed by atoms with Crippen molar-refractivity contribution in [1.29, 1.82) is 0 Å². The number of rotatable bonds is 5. The molecule has 0 atom stereocenters. The van der Waals surface area contributed by atoms with Crippen LogP contribution in [0.25, 0.3) is 0 Å². The van der Waals surface area contributed by atoms with Gasteiger partial charge in [0.2, 0.25) is 15.9 Å². The Hall–Kier alpha value is -1.61. The number of hydrogen-bond donors (Lipinski definition) is 0. The third-order valence-electron chi connectivity index (χ3n) is 6.03. The standard InChI is InChI=1S/C21H32N2O5S2/c1-21(2,3)29(25,26)16-18-9-12-22(13-10-18)20(24)15-17-5-7-19(8-6-17)23-11-4-14-30(23,27)28/h5-8,18H,4,9-16H2,1-3H3. The summed E-state index contributed by atoms with van der Waals surface area (Å²) in [5.74, 6) is 0.480. The minimum absolute atomic E-state index is 0.0219. The van der Waals surface area contributed by atoms with E-state index in [1.54, 1.807) is 37.8 Å². The highest BCUT2D eigenvalue weighted by Gasteiger charge is 2.33. The highest BCUT2D eigenvalue weighted by atomic mass is 32.2. The molecule has 1 amide bonds. The average Bonchev–Trinajstić information content (AvgIpc) is 3.01. The lowest BCUT2D eigenvalue weighted by Crippen LogP contribution is -2.42. The van der Waals surface area contributed by atoms with Crippen molar-refractivity contribution in [3.8, 4) is 0 Å². The van der Waals surface area contributed by atoms with Crippen LogP contribution in [0.2, 0.25) is 0 Å². The van der Waals surface area contributed by atoms with Crippen LogP contribution in [0.3, 0.4) is 0 Å². The molecule has 0 spiro atoms. The summed E-state index contributed by atoms with van der Waals surface area (Å²) in [6.45, 7) is 6.84. The summed E-state index contributed by atoms with van der Waals surface area (Å²) in [4.78, 5) is 14.5. The third-order valence-corrected chi connectivity index (χ3v) is 10.7. The molecule has 3 rings (SSSR count). The van der Waals surface area contributed by atoms with Gasteiger partial charge in [-0.3, -0.25) is 9.10 Å². The van der Waals surface area contributed by atoms with E-state index in [2.05, 4.69) is 0 Å². The van der Waals surface area contributed by atoms with Crippen LogP contribution < -0.4 is 4.31 Å². The van der Waals surface area contributed by atoms with Gasteiger partial charge in [0.25, 0.3) is 0 Å². The van der Waals surface area contributed by atoms with Crippen LogP contribution in [0.4, 0.5) is 5.69 Å². The molecule has 1 aromatic rings. The van der Waals surface area contributed by atoms with Crippen molar-refractivity contribution in [1.82, 2.24) is 4.90 Å². The monoisotopic (exact) mass is 456 g/mol. The van der Waals surface area contributed by atoms with Gasteiger partial charge >= 0.3 is 0 Å². The quantitative estimate of drug-likeness (QED) is 0.677. The molecule has 168 valence electrons. The molecule has 0 bridgehead atoms. The first kappa shape index (κ1) is 23.1. The maximum absolute atomic E-state index is 12.7. The van der Waals surface area contributed by atoms with Crippen LogP contribution in [0.15, 0.2) is 24.3 Å². The zero-order valence-corrected chi connectivity index (χ0v) is 19.6. The summed E-state index contributed by atoms with van der Waals surface area (Å²) in [6, 6.07) is 7.14. The van der Waals surface area contributed by atoms with Crippen molar-refractivity contribution < 1.29 is 21.6 Å². The molecule has 7 nitrogen and oxygen atoms in total. The molecule has 2 aliphatic heterocycles. The smallest absolute Gasteiger partial charge is 0.235 e. The molecule has 0 unspecified atom stereocenters. The second-order valence-electron chi connectivity index (χ2n) is 9.30. The van der Waals surface area contributed by atoms with Gasteiger partial charge in [0.05, 0.1) is 28.4 Å². The number of likely N-dealkylation sites (tertiary alicyclic amines) is 1. The van der Waals surface area contributed by atoms with E-state index in [4.69, 9.17) is 0 Å². The number of anilines is 1. The van der Waals surface area contributed by atoms with Crippen molar-refractivity contribution in [2.24, 2.45) is 5.92 Å². The maximum Gasteiger partial charge on any atom is 0.235 e. The molecule has 0 saturated carbocycles. The third kappa shape index (κ3) is 5.17. The van der Waals surface area contributed by atoms with Gasteiger partial charge in [-0.15, -0.1) is 0 Å². The highest BCUT2D eigenvalue weighted by Crippen LogP contribution is 2.26. The average molecular weight is 457 g/mol. The van der Waals surface area contributed by atoms with E-state index in [0.717, 1.165) is 5.56 Å². The molecule has 2 saturated heterocycles.